The van der Waals surface area contributed by atoms with Crippen molar-refractivity contribution in [2.75, 3.05) is 13.2 Å². The molecule has 3 nitrogen and oxygen atoms in total. The van der Waals surface area contributed by atoms with Gasteiger partial charge in [0.25, 0.3) is 0 Å². The fourth-order valence-electron chi connectivity index (χ4n) is 1.31. The molecule has 13 heavy (non-hydrogen) atoms. The molecule has 0 saturated carbocycles. The van der Waals surface area contributed by atoms with Crippen LogP contribution in [0.3, 0.4) is 0 Å². The first-order valence-electron chi connectivity index (χ1n) is 4.77. The highest BCUT2D eigenvalue weighted by molar-refractivity contribution is 5.79. The third kappa shape index (κ3) is 3.19. The molecule has 1 unspecified atom stereocenters. The molecule has 0 bridgehead atoms. The molecule has 74 valence electrons. The van der Waals surface area contributed by atoms with Crippen molar-refractivity contribution in [2.45, 2.75) is 19.8 Å². The van der Waals surface area contributed by atoms with Crippen molar-refractivity contribution in [3.63, 3.8) is 0 Å². The SMILES string of the molecule is CC(CO)CNC(=O)C1CC=CC1. The maximum absolute atomic E-state index is 11.4. The highest BCUT2D eigenvalue weighted by atomic mass is 16.3. The summed E-state index contributed by atoms with van der Waals surface area (Å²) in [6.45, 7) is 2.61. The number of aliphatic hydroxyl groups excluding tert-OH is 1. The van der Waals surface area contributed by atoms with Crippen molar-refractivity contribution in [3.05, 3.63) is 12.2 Å². The first-order chi connectivity index (χ1) is 6.24. The maximum Gasteiger partial charge on any atom is 0.223 e. The Morgan fingerprint density at radius 2 is 2.23 bits per heavy atom. The van der Waals surface area contributed by atoms with Gasteiger partial charge in [0.1, 0.15) is 0 Å². The minimum absolute atomic E-state index is 0.116. The molecule has 1 amide bonds. The van der Waals surface area contributed by atoms with Gasteiger partial charge in [-0.3, -0.25) is 4.79 Å². The van der Waals surface area contributed by atoms with Crippen LogP contribution in [0.1, 0.15) is 19.8 Å². The number of hydrogen-bond acceptors (Lipinski definition) is 2. The van der Waals surface area contributed by atoms with Gasteiger partial charge in [0.2, 0.25) is 5.91 Å². The summed E-state index contributed by atoms with van der Waals surface area (Å²) < 4.78 is 0. The Hall–Kier alpha value is -0.830. The molecule has 1 atom stereocenters. The molecule has 0 aromatic rings. The number of hydrogen-bond donors (Lipinski definition) is 2. The van der Waals surface area contributed by atoms with Crippen LogP contribution in [-0.2, 0) is 4.79 Å². The zero-order valence-electron chi connectivity index (χ0n) is 7.99. The van der Waals surface area contributed by atoms with Gasteiger partial charge in [0.15, 0.2) is 0 Å². The summed E-state index contributed by atoms with van der Waals surface area (Å²) in [7, 11) is 0. The molecule has 1 aliphatic carbocycles. The molecular formula is C10H17NO2. The van der Waals surface area contributed by atoms with E-state index in [-0.39, 0.29) is 24.3 Å². The van der Waals surface area contributed by atoms with Gasteiger partial charge in [-0.05, 0) is 18.8 Å². The summed E-state index contributed by atoms with van der Waals surface area (Å²) in [5.74, 6) is 0.398. The third-order valence-electron chi connectivity index (χ3n) is 2.32. The van der Waals surface area contributed by atoms with E-state index < -0.39 is 0 Å². The first-order valence-corrected chi connectivity index (χ1v) is 4.77. The zero-order valence-corrected chi connectivity index (χ0v) is 7.99. The summed E-state index contributed by atoms with van der Waals surface area (Å²) in [6.07, 6.45) is 5.80. The predicted octanol–water partition coefficient (Wildman–Crippen LogP) is 0.697. The van der Waals surface area contributed by atoms with Crippen LogP contribution in [0.2, 0.25) is 0 Å². The minimum atomic E-state index is 0.116. The zero-order chi connectivity index (χ0) is 9.68. The van der Waals surface area contributed by atoms with E-state index in [1.165, 1.54) is 0 Å². The van der Waals surface area contributed by atoms with Gasteiger partial charge in [0, 0.05) is 19.1 Å². The average molecular weight is 183 g/mol. The minimum Gasteiger partial charge on any atom is -0.396 e. The second-order valence-electron chi connectivity index (χ2n) is 3.67. The smallest absolute Gasteiger partial charge is 0.223 e. The fourth-order valence-corrected chi connectivity index (χ4v) is 1.31. The molecule has 0 radical (unpaired) electrons. The van der Waals surface area contributed by atoms with Gasteiger partial charge < -0.3 is 10.4 Å². The van der Waals surface area contributed by atoms with Crippen LogP contribution in [0.15, 0.2) is 12.2 Å². The maximum atomic E-state index is 11.4. The lowest BCUT2D eigenvalue weighted by molar-refractivity contribution is -0.124. The molecule has 0 heterocycles. The molecular weight excluding hydrogens is 166 g/mol. The Kier molecular flexibility index (Phi) is 3.96. The summed E-state index contributed by atoms with van der Waals surface area (Å²) in [5, 5.41) is 11.6. The van der Waals surface area contributed by atoms with Crippen LogP contribution in [0, 0.1) is 11.8 Å². The van der Waals surface area contributed by atoms with Crippen LogP contribution in [0.5, 0.6) is 0 Å². The second-order valence-corrected chi connectivity index (χ2v) is 3.67. The van der Waals surface area contributed by atoms with Gasteiger partial charge in [-0.25, -0.2) is 0 Å². The Labute approximate surface area is 78.8 Å². The van der Waals surface area contributed by atoms with Crippen LogP contribution in [0.4, 0.5) is 0 Å². The molecule has 1 aliphatic rings. The van der Waals surface area contributed by atoms with Crippen molar-refractivity contribution >= 4 is 5.91 Å². The van der Waals surface area contributed by atoms with Crippen LogP contribution in [0.25, 0.3) is 0 Å². The Bertz CT molecular complexity index is 193. The van der Waals surface area contributed by atoms with Crippen molar-refractivity contribution in [1.82, 2.24) is 5.32 Å². The molecule has 0 spiro atoms. The van der Waals surface area contributed by atoms with Gasteiger partial charge in [-0.2, -0.15) is 0 Å². The fraction of sp³-hybridized carbons (Fsp3) is 0.700. The molecule has 2 N–H and O–H groups in total. The topological polar surface area (TPSA) is 49.3 Å². The largest absolute Gasteiger partial charge is 0.396 e. The van der Waals surface area contributed by atoms with Crippen LogP contribution in [-0.4, -0.2) is 24.2 Å². The molecule has 0 aromatic carbocycles. The lowest BCUT2D eigenvalue weighted by atomic mass is 10.1. The monoisotopic (exact) mass is 183 g/mol. The Morgan fingerprint density at radius 1 is 1.62 bits per heavy atom. The molecule has 1 rings (SSSR count). The third-order valence-corrected chi connectivity index (χ3v) is 2.32. The van der Waals surface area contributed by atoms with E-state index in [1.54, 1.807) is 0 Å². The van der Waals surface area contributed by atoms with Crippen molar-refractivity contribution in [3.8, 4) is 0 Å². The van der Waals surface area contributed by atoms with Gasteiger partial charge in [0.05, 0.1) is 0 Å². The number of nitrogens with one attached hydrogen (secondary N) is 1. The number of aliphatic hydroxyl groups is 1. The number of rotatable bonds is 4. The van der Waals surface area contributed by atoms with Gasteiger partial charge in [-0.1, -0.05) is 19.1 Å². The van der Waals surface area contributed by atoms with Crippen molar-refractivity contribution < 1.29 is 9.90 Å². The molecule has 0 fully saturated rings. The van der Waals surface area contributed by atoms with Crippen molar-refractivity contribution in [1.29, 1.82) is 0 Å². The van der Waals surface area contributed by atoms with Gasteiger partial charge in [-0.15, -0.1) is 0 Å². The van der Waals surface area contributed by atoms with E-state index in [0.29, 0.717) is 6.54 Å². The van der Waals surface area contributed by atoms with E-state index in [2.05, 4.69) is 5.32 Å². The number of carbonyl (C=O) groups excluding carboxylic acids is 1. The lowest BCUT2D eigenvalue weighted by Gasteiger charge is -2.13. The molecule has 0 aliphatic heterocycles. The van der Waals surface area contributed by atoms with E-state index in [9.17, 15) is 4.79 Å². The van der Waals surface area contributed by atoms with E-state index in [0.717, 1.165) is 12.8 Å². The van der Waals surface area contributed by atoms with Crippen LogP contribution >= 0.6 is 0 Å². The quantitative estimate of drug-likeness (QED) is 0.630. The molecule has 3 heteroatoms. The Balaban J connectivity index is 2.17. The predicted molar refractivity (Wildman–Crippen MR) is 51.1 cm³/mol. The standard InChI is InChI=1S/C10H17NO2/c1-8(7-12)6-11-10(13)9-4-2-3-5-9/h2-3,8-9,12H,4-7H2,1H3,(H,11,13). The summed E-state index contributed by atoms with van der Waals surface area (Å²) in [4.78, 5) is 11.4. The number of allylic oxidation sites excluding steroid dienone is 2. The first kappa shape index (κ1) is 10.3. The Morgan fingerprint density at radius 3 is 2.77 bits per heavy atom. The molecule has 0 saturated heterocycles. The summed E-state index contributed by atoms with van der Waals surface area (Å²) >= 11 is 0. The second kappa shape index (κ2) is 5.02. The average Bonchev–Trinajstić information content (AvgIpc) is 2.66. The summed E-state index contributed by atoms with van der Waals surface area (Å²) in [6, 6.07) is 0. The highest BCUT2D eigenvalue weighted by Crippen LogP contribution is 2.17. The van der Waals surface area contributed by atoms with Crippen molar-refractivity contribution in [2.24, 2.45) is 11.8 Å². The van der Waals surface area contributed by atoms with Crippen LogP contribution < -0.4 is 5.32 Å². The number of amides is 1. The normalized spacial score (nSPS) is 18.9. The summed E-state index contributed by atoms with van der Waals surface area (Å²) in [5.41, 5.74) is 0. The van der Waals surface area contributed by atoms with E-state index in [4.69, 9.17) is 5.11 Å². The highest BCUT2D eigenvalue weighted by Gasteiger charge is 2.18. The van der Waals surface area contributed by atoms with Gasteiger partial charge >= 0.3 is 0 Å². The van der Waals surface area contributed by atoms with E-state index >= 15 is 0 Å². The number of carbonyl (C=O) groups is 1. The lowest BCUT2D eigenvalue weighted by Crippen LogP contribution is -2.33. The molecule has 0 aromatic heterocycles. The van der Waals surface area contributed by atoms with E-state index in [1.807, 2.05) is 19.1 Å².